The number of carboxylic acid groups (broad SMARTS) is 1. The molecule has 1 spiro atoms. The molecule has 4 aliphatic carbocycles. The average molecular weight is 408 g/mol. The second kappa shape index (κ2) is 5.89. The summed E-state index contributed by atoms with van der Waals surface area (Å²) in [4.78, 5) is 23.1. The first-order valence-electron chi connectivity index (χ1n) is 10.8. The van der Waals surface area contributed by atoms with Crippen LogP contribution in [0.2, 0.25) is 0 Å². The van der Waals surface area contributed by atoms with Gasteiger partial charge < -0.3 is 20.1 Å². The van der Waals surface area contributed by atoms with Gasteiger partial charge in [-0.1, -0.05) is 12.5 Å². The van der Waals surface area contributed by atoms with Crippen molar-refractivity contribution in [1.29, 1.82) is 0 Å². The number of alkyl halides is 1. The van der Waals surface area contributed by atoms with Crippen molar-refractivity contribution in [3.05, 3.63) is 11.6 Å². The predicted molar refractivity (Wildman–Crippen MR) is 99.5 cm³/mol. The topological polar surface area (TPSA) is 104 Å². The van der Waals surface area contributed by atoms with Gasteiger partial charge in [0, 0.05) is 24.2 Å². The number of ether oxygens (including phenoxy) is 1. The van der Waals surface area contributed by atoms with E-state index in [4.69, 9.17) is 9.84 Å². The van der Waals surface area contributed by atoms with E-state index in [0.717, 1.165) is 5.57 Å². The maximum Gasteiger partial charge on any atom is 0.303 e. The van der Waals surface area contributed by atoms with E-state index in [0.29, 0.717) is 38.5 Å². The Morgan fingerprint density at radius 1 is 1.28 bits per heavy atom. The minimum absolute atomic E-state index is 0.0366. The van der Waals surface area contributed by atoms with Gasteiger partial charge in [0.1, 0.15) is 5.67 Å². The number of rotatable bonds is 3. The Morgan fingerprint density at radius 2 is 2.03 bits per heavy atom. The van der Waals surface area contributed by atoms with Crippen LogP contribution in [-0.2, 0) is 14.3 Å². The van der Waals surface area contributed by atoms with E-state index in [2.05, 4.69) is 0 Å². The molecule has 1 saturated heterocycles. The zero-order chi connectivity index (χ0) is 20.8. The van der Waals surface area contributed by atoms with Gasteiger partial charge in [0.15, 0.2) is 12.1 Å². The summed E-state index contributed by atoms with van der Waals surface area (Å²) in [6.45, 7) is 1.89. The van der Waals surface area contributed by atoms with Crippen LogP contribution in [0, 0.1) is 22.7 Å². The Kier molecular flexibility index (Phi) is 3.99. The molecule has 7 heteroatoms. The van der Waals surface area contributed by atoms with Crippen molar-refractivity contribution in [1.82, 2.24) is 0 Å². The fourth-order valence-corrected chi connectivity index (χ4v) is 7.96. The van der Waals surface area contributed by atoms with E-state index in [1.165, 1.54) is 0 Å². The van der Waals surface area contributed by atoms with Gasteiger partial charge in [-0.15, -0.1) is 0 Å². The van der Waals surface area contributed by atoms with Crippen LogP contribution >= 0.6 is 0 Å². The first-order valence-corrected chi connectivity index (χ1v) is 10.8. The third-order valence-corrected chi connectivity index (χ3v) is 9.39. The van der Waals surface area contributed by atoms with Gasteiger partial charge in [0.25, 0.3) is 0 Å². The van der Waals surface area contributed by atoms with E-state index in [-0.39, 0.29) is 36.9 Å². The number of hydrogen-bond acceptors (Lipinski definition) is 5. The number of carbonyl (C=O) groups excluding carboxylic acids is 1. The summed E-state index contributed by atoms with van der Waals surface area (Å²) in [5.74, 6) is -1.60. The molecule has 5 aliphatic rings. The van der Waals surface area contributed by atoms with Crippen molar-refractivity contribution in [3.8, 4) is 0 Å². The Bertz CT molecular complexity index is 811. The van der Waals surface area contributed by atoms with Crippen LogP contribution in [0.5, 0.6) is 0 Å². The molecule has 3 saturated carbocycles. The molecule has 0 radical (unpaired) electrons. The lowest BCUT2D eigenvalue weighted by Crippen LogP contribution is -2.67. The Balaban J connectivity index is 1.59. The minimum Gasteiger partial charge on any atom is -0.481 e. The van der Waals surface area contributed by atoms with Crippen LogP contribution in [0.1, 0.15) is 64.7 Å². The van der Waals surface area contributed by atoms with Gasteiger partial charge in [-0.05, 0) is 56.9 Å². The molecule has 0 aromatic rings. The summed E-state index contributed by atoms with van der Waals surface area (Å²) in [5.41, 5.74) is -4.06. The number of hydrogen-bond donors (Lipinski definition) is 3. The maximum absolute atomic E-state index is 17.2. The van der Waals surface area contributed by atoms with Crippen LogP contribution in [0.15, 0.2) is 11.6 Å². The third-order valence-electron chi connectivity index (χ3n) is 9.39. The highest BCUT2D eigenvalue weighted by Gasteiger charge is 2.79. The number of carboxylic acids is 1. The Labute approximate surface area is 169 Å². The minimum atomic E-state index is -1.71. The lowest BCUT2D eigenvalue weighted by Gasteiger charge is -2.61. The second-order valence-electron chi connectivity index (χ2n) is 10.2. The lowest BCUT2D eigenvalue weighted by molar-refractivity contribution is -0.199. The zero-order valence-corrected chi connectivity index (χ0v) is 16.7. The molecule has 2 unspecified atom stereocenters. The van der Waals surface area contributed by atoms with Gasteiger partial charge in [-0.25, -0.2) is 4.39 Å². The summed E-state index contributed by atoms with van der Waals surface area (Å²) in [6, 6.07) is 0. The molecule has 4 fully saturated rings. The van der Waals surface area contributed by atoms with Crippen molar-refractivity contribution in [2.45, 2.75) is 88.4 Å². The molecule has 6 nitrogen and oxygen atoms in total. The lowest BCUT2D eigenvalue weighted by atomic mass is 9.44. The molecule has 0 amide bonds. The fraction of sp³-hybridized carbons (Fsp3) is 0.818. The molecular weight excluding hydrogens is 379 g/mol. The molecule has 1 aliphatic heterocycles. The molecule has 5 rings (SSSR count). The SMILES string of the molecule is C[C@]12CCC(=O)C=C1CC[C@H]1[C@@H]3CC[C@](O)(CCC(=O)O)[C@@]34CC(OC4O)[C@@]12F. The van der Waals surface area contributed by atoms with Crippen LogP contribution in [0.4, 0.5) is 4.39 Å². The van der Waals surface area contributed by atoms with Gasteiger partial charge >= 0.3 is 5.97 Å². The third kappa shape index (κ3) is 2.16. The van der Waals surface area contributed by atoms with E-state index >= 15 is 4.39 Å². The normalized spacial score (nSPS) is 53.1. The summed E-state index contributed by atoms with van der Waals surface area (Å²) >= 11 is 0. The summed E-state index contributed by atoms with van der Waals surface area (Å²) in [7, 11) is 0. The number of aliphatic hydroxyl groups is 2. The van der Waals surface area contributed by atoms with E-state index in [1.54, 1.807) is 6.08 Å². The highest BCUT2D eigenvalue weighted by atomic mass is 19.1. The van der Waals surface area contributed by atoms with Crippen molar-refractivity contribution in [2.75, 3.05) is 0 Å². The molecule has 8 atom stereocenters. The molecule has 1 heterocycles. The number of carbonyl (C=O) groups is 2. The highest BCUT2D eigenvalue weighted by Crippen LogP contribution is 2.74. The first kappa shape index (κ1) is 19.6. The molecular formula is C22H29FO6. The maximum atomic E-state index is 17.2. The largest absolute Gasteiger partial charge is 0.481 e. The Hall–Kier alpha value is -1.31. The molecule has 2 bridgehead atoms. The number of halogens is 1. The molecule has 160 valence electrons. The highest BCUT2D eigenvalue weighted by molar-refractivity contribution is 5.91. The quantitative estimate of drug-likeness (QED) is 0.663. The van der Waals surface area contributed by atoms with Gasteiger partial charge in [0.05, 0.1) is 17.1 Å². The van der Waals surface area contributed by atoms with Crippen molar-refractivity contribution in [3.63, 3.8) is 0 Å². The van der Waals surface area contributed by atoms with Gasteiger partial charge in [-0.2, -0.15) is 0 Å². The fourth-order valence-electron chi connectivity index (χ4n) is 7.96. The summed E-state index contributed by atoms with van der Waals surface area (Å²) in [6.07, 6.45) is 2.32. The van der Waals surface area contributed by atoms with Crippen LogP contribution in [0.3, 0.4) is 0 Å². The predicted octanol–water partition coefficient (Wildman–Crippen LogP) is 2.51. The van der Waals surface area contributed by atoms with Gasteiger partial charge in [-0.3, -0.25) is 9.59 Å². The van der Waals surface area contributed by atoms with Gasteiger partial charge in [0.2, 0.25) is 0 Å². The van der Waals surface area contributed by atoms with Crippen molar-refractivity contribution >= 4 is 11.8 Å². The zero-order valence-electron chi connectivity index (χ0n) is 16.7. The van der Waals surface area contributed by atoms with Crippen LogP contribution in [0.25, 0.3) is 0 Å². The number of ketones is 1. The van der Waals surface area contributed by atoms with Crippen LogP contribution in [-0.4, -0.2) is 50.7 Å². The summed E-state index contributed by atoms with van der Waals surface area (Å²) < 4.78 is 23.0. The number of aliphatic hydroxyl groups excluding tert-OH is 1. The number of aliphatic carboxylic acids is 1. The first-order chi connectivity index (χ1) is 13.6. The Morgan fingerprint density at radius 3 is 2.76 bits per heavy atom. The molecule has 0 aromatic heterocycles. The van der Waals surface area contributed by atoms with Crippen LogP contribution < -0.4 is 0 Å². The van der Waals surface area contributed by atoms with E-state index < -0.39 is 40.5 Å². The standard InChI is InChI=1S/C22H29FO6/c1-19-7-4-13(24)10-12(19)2-3-15-14-5-8-20(28,9-6-17(25)26)21(14)11-16(22(15,19)23)29-18(21)27/h10,14-16,18,27-28H,2-9,11H2,1H3,(H,25,26)/t14-,15-,16?,18?,19-,20-,21-,22-/m0/s1. The number of fused-ring (bicyclic) bond motifs is 6. The van der Waals surface area contributed by atoms with Crippen molar-refractivity contribution in [2.24, 2.45) is 22.7 Å². The summed E-state index contributed by atoms with van der Waals surface area (Å²) in [5, 5.41) is 31.6. The van der Waals surface area contributed by atoms with Crippen molar-refractivity contribution < 1.29 is 34.0 Å². The van der Waals surface area contributed by atoms with E-state index in [1.807, 2.05) is 6.92 Å². The smallest absolute Gasteiger partial charge is 0.303 e. The monoisotopic (exact) mass is 408 g/mol. The average Bonchev–Trinajstić information content (AvgIpc) is 3.14. The van der Waals surface area contributed by atoms with E-state index in [9.17, 15) is 19.8 Å². The molecule has 3 N–H and O–H groups in total. The number of allylic oxidation sites excluding steroid dienone is 1. The second-order valence-corrected chi connectivity index (χ2v) is 10.2. The molecule has 0 aromatic carbocycles. The molecule has 29 heavy (non-hydrogen) atoms.